The van der Waals surface area contributed by atoms with Gasteiger partial charge in [-0.1, -0.05) is 43.0 Å². The number of nitrogens with zero attached hydrogens (tertiary/aromatic N) is 2. The van der Waals surface area contributed by atoms with Gasteiger partial charge in [-0.2, -0.15) is 10.5 Å². The van der Waals surface area contributed by atoms with Crippen LogP contribution in [0, 0.1) is 22.7 Å². The predicted molar refractivity (Wildman–Crippen MR) is 131 cm³/mol. The van der Waals surface area contributed by atoms with Crippen molar-refractivity contribution in [3.8, 4) is 34.8 Å². The summed E-state index contributed by atoms with van der Waals surface area (Å²) in [6.45, 7) is 2.02. The molecule has 0 spiro atoms. The number of anilines is 2. The fourth-order valence-electron chi connectivity index (χ4n) is 3.51. The molecule has 1 amide bonds. The summed E-state index contributed by atoms with van der Waals surface area (Å²) < 4.78 is 10.7. The van der Waals surface area contributed by atoms with E-state index in [2.05, 4.69) is 22.4 Å². The van der Waals surface area contributed by atoms with E-state index in [-0.39, 0.29) is 28.6 Å². The molecule has 4 N–H and O–H groups in total. The number of nitrogens with one attached hydrogen (secondary N) is 2. The Kier molecular flexibility index (Phi) is 7.96. The highest BCUT2D eigenvalue weighted by molar-refractivity contribution is 7.99. The van der Waals surface area contributed by atoms with Crippen molar-refractivity contribution in [2.45, 2.75) is 18.4 Å². The first-order valence-electron chi connectivity index (χ1n) is 10.4. The van der Waals surface area contributed by atoms with Crippen molar-refractivity contribution in [3.05, 3.63) is 59.2 Å². The second kappa shape index (κ2) is 11.1. The molecule has 0 atom stereocenters. The zero-order valence-corrected chi connectivity index (χ0v) is 19.9. The number of aryl methyl sites for hydroxylation is 1. The molecular formula is C25H24N5O3S+. The van der Waals surface area contributed by atoms with Gasteiger partial charge in [-0.05, 0) is 35.7 Å². The van der Waals surface area contributed by atoms with Crippen LogP contribution in [0.5, 0.6) is 11.5 Å². The van der Waals surface area contributed by atoms with Crippen LogP contribution in [0.4, 0.5) is 11.5 Å². The van der Waals surface area contributed by atoms with Gasteiger partial charge in [0.05, 0.1) is 20.0 Å². The Morgan fingerprint density at radius 2 is 1.79 bits per heavy atom. The minimum Gasteiger partial charge on any atom is -0.493 e. The number of nitriles is 2. The van der Waals surface area contributed by atoms with E-state index in [1.165, 1.54) is 14.2 Å². The minimum absolute atomic E-state index is 0.0416. The van der Waals surface area contributed by atoms with Crippen LogP contribution >= 0.6 is 11.8 Å². The van der Waals surface area contributed by atoms with Crippen LogP contribution in [0.25, 0.3) is 11.1 Å². The number of thioether (sulfide) groups is 1. The summed E-state index contributed by atoms with van der Waals surface area (Å²) in [7, 11) is 3.02. The van der Waals surface area contributed by atoms with Crippen molar-refractivity contribution in [1.82, 2.24) is 0 Å². The van der Waals surface area contributed by atoms with Crippen molar-refractivity contribution < 1.29 is 19.3 Å². The van der Waals surface area contributed by atoms with Crippen molar-refractivity contribution in [2.24, 2.45) is 0 Å². The molecule has 0 saturated heterocycles. The average molecular weight is 475 g/mol. The Morgan fingerprint density at radius 3 is 2.44 bits per heavy atom. The highest BCUT2D eigenvalue weighted by Gasteiger charge is 2.25. The molecule has 0 aliphatic heterocycles. The summed E-state index contributed by atoms with van der Waals surface area (Å²) in [6.07, 6.45) is 0.788. The van der Waals surface area contributed by atoms with E-state index in [0.717, 1.165) is 29.4 Å². The van der Waals surface area contributed by atoms with Crippen LogP contribution in [0.1, 0.15) is 23.6 Å². The van der Waals surface area contributed by atoms with E-state index in [4.69, 9.17) is 15.2 Å². The summed E-state index contributed by atoms with van der Waals surface area (Å²) in [5, 5.41) is 23.0. The summed E-state index contributed by atoms with van der Waals surface area (Å²) >= 11 is 1.14. The Hall–Kier alpha value is -4.21. The van der Waals surface area contributed by atoms with Crippen molar-refractivity contribution in [2.75, 3.05) is 31.0 Å². The van der Waals surface area contributed by atoms with Gasteiger partial charge in [0.25, 0.3) is 5.82 Å². The maximum atomic E-state index is 12.6. The third-order valence-corrected chi connectivity index (χ3v) is 6.16. The topological polar surface area (TPSA) is 135 Å². The molecule has 172 valence electrons. The van der Waals surface area contributed by atoms with Crippen molar-refractivity contribution in [1.29, 1.82) is 10.5 Å². The van der Waals surface area contributed by atoms with Crippen LogP contribution in [0.2, 0.25) is 0 Å². The smallest absolute Gasteiger partial charge is 0.289 e. The van der Waals surface area contributed by atoms with E-state index in [9.17, 15) is 15.3 Å². The molecule has 2 aromatic carbocycles. The van der Waals surface area contributed by atoms with E-state index in [0.29, 0.717) is 27.7 Å². The molecule has 1 heterocycles. The van der Waals surface area contributed by atoms with E-state index < -0.39 is 0 Å². The van der Waals surface area contributed by atoms with Gasteiger partial charge in [-0.25, -0.2) is 4.98 Å². The third-order valence-electron chi connectivity index (χ3n) is 5.16. The lowest BCUT2D eigenvalue weighted by molar-refractivity contribution is -0.410. The number of aromatic nitrogens is 1. The van der Waals surface area contributed by atoms with Gasteiger partial charge in [0.1, 0.15) is 23.3 Å². The lowest BCUT2D eigenvalue weighted by Crippen LogP contribution is -2.21. The predicted octanol–water partition coefficient (Wildman–Crippen LogP) is 3.80. The largest absolute Gasteiger partial charge is 0.493 e. The number of hydrogen-bond acceptors (Lipinski definition) is 7. The van der Waals surface area contributed by atoms with Gasteiger partial charge >= 0.3 is 0 Å². The SMILES string of the molecule is CCc1ccccc1NC(=O)CSc1[nH+]c(N)c(C#N)c(-c2ccc(OC)c(OC)c2)c1C#N. The van der Waals surface area contributed by atoms with Gasteiger partial charge in [0, 0.05) is 11.3 Å². The van der Waals surface area contributed by atoms with E-state index in [1.807, 2.05) is 31.2 Å². The summed E-state index contributed by atoms with van der Waals surface area (Å²) in [5.41, 5.74) is 9.19. The number of para-hydroxylation sites is 1. The third kappa shape index (κ3) is 5.06. The van der Waals surface area contributed by atoms with E-state index in [1.54, 1.807) is 18.2 Å². The monoisotopic (exact) mass is 474 g/mol. The Balaban J connectivity index is 1.97. The first-order chi connectivity index (χ1) is 16.5. The van der Waals surface area contributed by atoms with Crippen LogP contribution in [-0.2, 0) is 11.2 Å². The van der Waals surface area contributed by atoms with Crippen LogP contribution in [-0.4, -0.2) is 25.9 Å². The number of carbonyl (C=O) groups is 1. The molecule has 0 bridgehead atoms. The van der Waals surface area contributed by atoms with Gasteiger partial charge in [0.2, 0.25) is 5.91 Å². The number of rotatable bonds is 8. The molecule has 0 aliphatic carbocycles. The number of nitrogen functional groups attached to an aromatic ring is 1. The summed E-state index contributed by atoms with van der Waals surface area (Å²) in [6, 6.07) is 16.9. The number of ether oxygens (including phenoxy) is 2. The summed E-state index contributed by atoms with van der Waals surface area (Å²) in [5.74, 6) is 0.879. The molecule has 9 heteroatoms. The number of hydrogen-bond donors (Lipinski definition) is 2. The van der Waals surface area contributed by atoms with Gasteiger partial charge < -0.3 is 14.8 Å². The number of nitrogens with two attached hydrogens (primary N) is 1. The quantitative estimate of drug-likeness (QED) is 0.474. The Morgan fingerprint density at radius 1 is 1.09 bits per heavy atom. The zero-order valence-electron chi connectivity index (χ0n) is 19.1. The molecule has 8 nitrogen and oxygen atoms in total. The molecule has 0 fully saturated rings. The Bertz CT molecular complexity index is 1310. The van der Waals surface area contributed by atoms with Crippen molar-refractivity contribution >= 4 is 29.2 Å². The average Bonchev–Trinajstić information content (AvgIpc) is 2.86. The second-order valence-corrected chi connectivity index (χ2v) is 8.12. The number of methoxy groups -OCH3 is 2. The fraction of sp³-hybridized carbons (Fsp3) is 0.200. The van der Waals surface area contributed by atoms with Crippen LogP contribution < -0.4 is 25.5 Å². The number of aromatic amines is 1. The van der Waals surface area contributed by atoms with Crippen molar-refractivity contribution in [3.63, 3.8) is 0 Å². The standard InChI is InChI=1S/C25H23N5O3S/c1-4-15-7-5-6-8-19(15)29-22(31)14-34-25-18(13-27)23(17(12-26)24(28)30-25)16-9-10-20(32-2)21(11-16)33-3/h5-11H,4,14H2,1-3H3,(H2,28,30)(H,29,31)/p+1. The Labute approximate surface area is 202 Å². The number of benzene rings is 2. The molecular weight excluding hydrogens is 450 g/mol. The number of carbonyl (C=O) groups excluding carboxylic acids is 1. The minimum atomic E-state index is -0.223. The number of H-pyrrole nitrogens is 1. The maximum Gasteiger partial charge on any atom is 0.289 e. The summed E-state index contributed by atoms with van der Waals surface area (Å²) in [4.78, 5) is 15.5. The first kappa shape index (κ1) is 24.4. The molecule has 3 rings (SSSR count). The molecule has 1 aromatic heterocycles. The maximum absolute atomic E-state index is 12.6. The van der Waals surface area contributed by atoms with Gasteiger partial charge in [0.15, 0.2) is 16.5 Å². The molecule has 3 aromatic rings. The molecule has 0 unspecified atom stereocenters. The normalized spacial score (nSPS) is 10.1. The van der Waals surface area contributed by atoms with Gasteiger partial charge in [-0.15, -0.1) is 0 Å². The number of pyridine rings is 1. The fourth-order valence-corrected chi connectivity index (χ4v) is 4.33. The molecule has 0 saturated carbocycles. The second-order valence-electron chi connectivity index (χ2n) is 7.13. The zero-order chi connectivity index (χ0) is 24.7. The highest BCUT2D eigenvalue weighted by Crippen LogP contribution is 2.38. The molecule has 34 heavy (non-hydrogen) atoms. The van der Waals surface area contributed by atoms with Crippen LogP contribution in [0.3, 0.4) is 0 Å². The molecule has 0 radical (unpaired) electrons. The number of amides is 1. The highest BCUT2D eigenvalue weighted by atomic mass is 32.2. The lowest BCUT2D eigenvalue weighted by atomic mass is 9.96. The van der Waals surface area contributed by atoms with E-state index >= 15 is 0 Å². The van der Waals surface area contributed by atoms with Crippen LogP contribution in [0.15, 0.2) is 47.5 Å². The first-order valence-corrected chi connectivity index (χ1v) is 11.4. The lowest BCUT2D eigenvalue weighted by Gasteiger charge is -2.13. The molecule has 0 aliphatic rings. The van der Waals surface area contributed by atoms with Gasteiger partial charge in [-0.3, -0.25) is 10.5 Å².